The lowest BCUT2D eigenvalue weighted by Crippen LogP contribution is -2.07. The van der Waals surface area contributed by atoms with Crippen molar-refractivity contribution in [2.45, 2.75) is 258 Å². The first kappa shape index (κ1) is 49.6. The molecule has 0 saturated heterocycles. The van der Waals surface area contributed by atoms with Crippen LogP contribution in [-0.2, 0) is 6.42 Å². The Kier molecular flexibility index (Phi) is 37.7. The molecule has 1 radical (unpaired) electrons. The molecule has 53 heavy (non-hydrogen) atoms. The minimum absolute atomic E-state index is 0.725. The van der Waals surface area contributed by atoms with Crippen LogP contribution < -0.4 is 14.2 Å². The molecule has 0 aliphatic heterocycles. The molecular weight excluding hydrogens is 649 g/mol. The van der Waals surface area contributed by atoms with Crippen molar-refractivity contribution in [2.24, 2.45) is 0 Å². The van der Waals surface area contributed by atoms with Gasteiger partial charge in [0, 0.05) is 0 Å². The van der Waals surface area contributed by atoms with Gasteiger partial charge in [0.1, 0.15) is 0 Å². The van der Waals surface area contributed by atoms with Crippen molar-refractivity contribution in [3.05, 3.63) is 24.6 Å². The molecule has 0 aromatic heterocycles. The molecule has 0 bridgehead atoms. The Balaban J connectivity index is 2.48. The van der Waals surface area contributed by atoms with Crippen LogP contribution in [0.15, 0.2) is 12.1 Å². The predicted molar refractivity (Wildman–Crippen MR) is 235 cm³/mol. The van der Waals surface area contributed by atoms with E-state index in [1.165, 1.54) is 212 Å². The van der Waals surface area contributed by atoms with E-state index in [9.17, 15) is 0 Å². The van der Waals surface area contributed by atoms with Crippen LogP contribution in [0.25, 0.3) is 0 Å². The molecule has 0 aliphatic rings. The summed E-state index contributed by atoms with van der Waals surface area (Å²) in [4.78, 5) is 0. The van der Waals surface area contributed by atoms with Gasteiger partial charge < -0.3 is 14.2 Å². The van der Waals surface area contributed by atoms with Gasteiger partial charge in [0.05, 0.1) is 19.8 Å². The Morgan fingerprint density at radius 2 is 0.547 bits per heavy atom. The van der Waals surface area contributed by atoms with Gasteiger partial charge in [-0.05, 0) is 50.3 Å². The van der Waals surface area contributed by atoms with E-state index in [1.807, 2.05) is 0 Å². The highest BCUT2D eigenvalue weighted by Crippen LogP contribution is 2.40. The highest BCUT2D eigenvalue weighted by atomic mass is 16.5. The molecule has 0 heterocycles. The van der Waals surface area contributed by atoms with Crippen molar-refractivity contribution < 1.29 is 14.2 Å². The maximum atomic E-state index is 6.52. The quantitative estimate of drug-likeness (QED) is 0.0624. The van der Waals surface area contributed by atoms with Gasteiger partial charge in [-0.3, -0.25) is 0 Å². The van der Waals surface area contributed by atoms with Gasteiger partial charge in [0.2, 0.25) is 5.75 Å². The fraction of sp³-hybridized carbons (Fsp3) is 0.860. The Morgan fingerprint density at radius 1 is 0.321 bits per heavy atom. The third kappa shape index (κ3) is 31.5. The van der Waals surface area contributed by atoms with Crippen LogP contribution in [0.5, 0.6) is 17.2 Å². The summed E-state index contributed by atoms with van der Waals surface area (Å²) in [5.41, 5.74) is 1.16. The molecule has 1 aromatic carbocycles. The molecule has 0 unspecified atom stereocenters. The molecule has 1 aromatic rings. The maximum absolute atomic E-state index is 6.52. The molecule has 0 amide bonds. The molecule has 0 spiro atoms. The third-order valence-electron chi connectivity index (χ3n) is 11.1. The van der Waals surface area contributed by atoms with Crippen LogP contribution >= 0.6 is 0 Å². The van der Waals surface area contributed by atoms with Gasteiger partial charge in [-0.2, -0.15) is 0 Å². The second-order valence-electron chi connectivity index (χ2n) is 16.4. The fourth-order valence-corrected chi connectivity index (χ4v) is 7.50. The van der Waals surface area contributed by atoms with Crippen LogP contribution in [-0.4, -0.2) is 19.8 Å². The summed E-state index contributed by atoms with van der Waals surface area (Å²) < 4.78 is 19.4. The fourth-order valence-electron chi connectivity index (χ4n) is 7.50. The molecule has 311 valence electrons. The average Bonchev–Trinajstić information content (AvgIpc) is 3.17. The van der Waals surface area contributed by atoms with E-state index >= 15 is 0 Å². The van der Waals surface area contributed by atoms with E-state index < -0.39 is 0 Å². The topological polar surface area (TPSA) is 27.7 Å². The summed E-state index contributed by atoms with van der Waals surface area (Å²) >= 11 is 0. The summed E-state index contributed by atoms with van der Waals surface area (Å²) in [7, 11) is 0. The third-order valence-corrected chi connectivity index (χ3v) is 11.1. The standard InChI is InChI=1S/C50H93O3/c1-5-9-12-15-18-21-24-27-30-33-36-39-42-51-48-45-47(8-4)46-49(52-43-40-37-34-31-28-25-22-19-16-13-10-6-2)50(48)53-44-41-38-35-32-29-26-23-20-17-14-11-7-3/h45-46H,4-44H2,1-3H3. The highest BCUT2D eigenvalue weighted by Gasteiger charge is 2.16. The van der Waals surface area contributed by atoms with Crippen LogP contribution in [0, 0.1) is 6.92 Å². The molecule has 3 nitrogen and oxygen atoms in total. The molecule has 0 N–H and O–H groups in total. The summed E-state index contributed by atoms with van der Waals surface area (Å²) in [5, 5.41) is 0. The minimum Gasteiger partial charge on any atom is -0.490 e. The first-order chi connectivity index (χ1) is 26.3. The lowest BCUT2D eigenvalue weighted by Gasteiger charge is -2.19. The van der Waals surface area contributed by atoms with Gasteiger partial charge in [0.15, 0.2) is 11.5 Å². The number of unbranched alkanes of at least 4 members (excludes halogenated alkanes) is 33. The zero-order chi connectivity index (χ0) is 38.1. The first-order valence-electron chi connectivity index (χ1n) is 24.1. The second-order valence-corrected chi connectivity index (χ2v) is 16.4. The van der Waals surface area contributed by atoms with Crippen LogP contribution in [0.2, 0.25) is 0 Å². The number of rotatable bonds is 43. The van der Waals surface area contributed by atoms with Crippen molar-refractivity contribution >= 4 is 0 Å². The van der Waals surface area contributed by atoms with Crippen LogP contribution in [0.3, 0.4) is 0 Å². The Hall–Kier alpha value is -1.38. The molecular formula is C50H93O3. The zero-order valence-electron chi connectivity index (χ0n) is 36.4. The van der Waals surface area contributed by atoms with Crippen molar-refractivity contribution in [2.75, 3.05) is 19.8 Å². The summed E-state index contributed by atoms with van der Waals surface area (Å²) in [6.07, 6.45) is 49.4. The molecule has 0 saturated carbocycles. The van der Waals surface area contributed by atoms with E-state index in [2.05, 4.69) is 39.8 Å². The molecule has 0 aliphatic carbocycles. The first-order valence-corrected chi connectivity index (χ1v) is 24.1. The lowest BCUT2D eigenvalue weighted by molar-refractivity contribution is 0.234. The van der Waals surface area contributed by atoms with E-state index in [1.54, 1.807) is 0 Å². The van der Waals surface area contributed by atoms with Gasteiger partial charge >= 0.3 is 0 Å². The van der Waals surface area contributed by atoms with Crippen molar-refractivity contribution in [3.63, 3.8) is 0 Å². The highest BCUT2D eigenvalue weighted by molar-refractivity contribution is 5.54. The van der Waals surface area contributed by atoms with Crippen molar-refractivity contribution in [1.82, 2.24) is 0 Å². The number of hydrogen-bond acceptors (Lipinski definition) is 3. The van der Waals surface area contributed by atoms with Crippen molar-refractivity contribution in [1.29, 1.82) is 0 Å². The van der Waals surface area contributed by atoms with E-state index in [0.29, 0.717) is 0 Å². The summed E-state index contributed by atoms with van der Waals surface area (Å²) in [5.74, 6) is 2.54. The smallest absolute Gasteiger partial charge is 0.203 e. The van der Waals surface area contributed by atoms with Gasteiger partial charge in [-0.25, -0.2) is 0 Å². The number of benzene rings is 1. The van der Waals surface area contributed by atoms with Gasteiger partial charge in [0.25, 0.3) is 0 Å². The van der Waals surface area contributed by atoms with Gasteiger partial charge in [-0.15, -0.1) is 0 Å². The van der Waals surface area contributed by atoms with Gasteiger partial charge in [-0.1, -0.05) is 233 Å². The molecule has 0 atom stereocenters. The number of ether oxygens (including phenoxy) is 3. The second kappa shape index (κ2) is 40.3. The normalized spacial score (nSPS) is 11.4. The lowest BCUT2D eigenvalue weighted by atomic mass is 10.1. The SMILES string of the molecule is [CH2]Cc1cc(OCCCCCCCCCCCCCC)c(OCCCCCCCCCCCCCC)c(OCCCCCCCCCCCCCC)c1. The summed E-state index contributed by atoms with van der Waals surface area (Å²) in [6, 6.07) is 4.31. The largest absolute Gasteiger partial charge is 0.490 e. The van der Waals surface area contributed by atoms with E-state index in [4.69, 9.17) is 14.2 Å². The molecule has 3 heteroatoms. The van der Waals surface area contributed by atoms with E-state index in [0.717, 1.165) is 68.3 Å². The minimum atomic E-state index is 0.725. The monoisotopic (exact) mass is 742 g/mol. The van der Waals surface area contributed by atoms with E-state index in [-0.39, 0.29) is 0 Å². The maximum Gasteiger partial charge on any atom is 0.203 e. The van der Waals surface area contributed by atoms with Crippen molar-refractivity contribution in [3.8, 4) is 17.2 Å². The predicted octanol–water partition coefficient (Wildman–Crippen LogP) is 17.3. The van der Waals surface area contributed by atoms with Crippen LogP contribution in [0.1, 0.15) is 257 Å². The van der Waals surface area contributed by atoms with Crippen LogP contribution in [0.4, 0.5) is 0 Å². The number of hydrogen-bond donors (Lipinski definition) is 0. The Morgan fingerprint density at radius 3 is 0.792 bits per heavy atom. The Bertz CT molecular complexity index is 815. The molecule has 1 rings (SSSR count). The Labute approximate surface area is 333 Å². The average molecular weight is 742 g/mol. The zero-order valence-corrected chi connectivity index (χ0v) is 36.4. The molecule has 0 fully saturated rings. The summed E-state index contributed by atoms with van der Waals surface area (Å²) in [6.45, 7) is 13.3.